The number of allylic oxidation sites excluding steroid dienone is 5. The Morgan fingerprint density at radius 3 is 2.83 bits per heavy atom. The lowest BCUT2D eigenvalue weighted by Gasteiger charge is -2.51. The Hall–Kier alpha value is -1.31. The van der Waals surface area contributed by atoms with Crippen LogP contribution in [0.25, 0.3) is 0 Å². The van der Waals surface area contributed by atoms with Crippen LogP contribution in [0.4, 0.5) is 0 Å². The van der Waals surface area contributed by atoms with Gasteiger partial charge < -0.3 is 5.32 Å². The van der Waals surface area contributed by atoms with E-state index in [1.165, 1.54) is 23.1 Å². The summed E-state index contributed by atoms with van der Waals surface area (Å²) in [5.74, 6) is 1.65. The second-order valence-corrected chi connectivity index (χ2v) is 8.04. The van der Waals surface area contributed by atoms with E-state index in [0.717, 1.165) is 38.5 Å². The van der Waals surface area contributed by atoms with Crippen molar-refractivity contribution in [3.8, 4) is 0 Å². The molecule has 2 aliphatic rings. The Kier molecular flexibility index (Phi) is 5.89. The lowest BCUT2D eigenvalue weighted by atomic mass is 9.58. The van der Waals surface area contributed by atoms with E-state index >= 15 is 0 Å². The van der Waals surface area contributed by atoms with Crippen molar-refractivity contribution in [1.82, 2.24) is 5.32 Å². The van der Waals surface area contributed by atoms with Gasteiger partial charge in [0.25, 0.3) is 0 Å². The fraction of sp³-hybridized carbons (Fsp3) is 0.667. The van der Waals surface area contributed by atoms with Crippen molar-refractivity contribution in [2.45, 2.75) is 71.8 Å². The molecule has 0 bridgehead atoms. The maximum absolute atomic E-state index is 11.1. The predicted octanol–water partition coefficient (Wildman–Crippen LogP) is 5.18. The predicted molar refractivity (Wildman–Crippen MR) is 98.1 cm³/mol. The van der Waals surface area contributed by atoms with Crippen LogP contribution in [0.1, 0.15) is 66.2 Å². The van der Waals surface area contributed by atoms with Gasteiger partial charge in [0.05, 0.1) is 0 Å². The number of amides is 1. The number of hydrogen-bond acceptors (Lipinski definition) is 1. The molecular weight excluding hydrogens is 282 g/mol. The number of hydrogen-bond donors (Lipinski definition) is 1. The smallest absolute Gasteiger partial charge is 0.207 e. The number of rotatable bonds is 6. The van der Waals surface area contributed by atoms with Gasteiger partial charge in [-0.2, -0.15) is 0 Å². The molecule has 2 aliphatic carbocycles. The Morgan fingerprint density at radius 1 is 1.43 bits per heavy atom. The molecule has 0 spiro atoms. The molecule has 128 valence electrons. The van der Waals surface area contributed by atoms with Gasteiger partial charge in [-0.3, -0.25) is 4.79 Å². The monoisotopic (exact) mass is 315 g/mol. The third kappa shape index (κ3) is 4.16. The quantitative estimate of drug-likeness (QED) is 0.531. The molecule has 4 unspecified atom stereocenters. The maximum Gasteiger partial charge on any atom is 0.207 e. The summed E-state index contributed by atoms with van der Waals surface area (Å²) in [5, 5.41) is 3.14. The highest BCUT2D eigenvalue weighted by Gasteiger charge is 2.46. The molecule has 0 radical (unpaired) electrons. The summed E-state index contributed by atoms with van der Waals surface area (Å²) in [6, 6.07) is 0. The molecule has 1 N–H and O–H groups in total. The van der Waals surface area contributed by atoms with Gasteiger partial charge in [-0.15, -0.1) is 0 Å². The molecule has 0 aliphatic heterocycles. The average Bonchev–Trinajstić information content (AvgIpc) is 2.47. The van der Waals surface area contributed by atoms with Crippen LogP contribution >= 0.6 is 0 Å². The summed E-state index contributed by atoms with van der Waals surface area (Å²) in [7, 11) is 0. The first kappa shape index (κ1) is 18.0. The van der Waals surface area contributed by atoms with Gasteiger partial charge in [0.15, 0.2) is 0 Å². The van der Waals surface area contributed by atoms with Crippen molar-refractivity contribution in [1.29, 1.82) is 0 Å². The molecule has 1 fully saturated rings. The molecule has 0 aromatic heterocycles. The second-order valence-electron chi connectivity index (χ2n) is 8.04. The molecule has 0 aromatic carbocycles. The van der Waals surface area contributed by atoms with Gasteiger partial charge in [-0.05, 0) is 84.0 Å². The summed E-state index contributed by atoms with van der Waals surface area (Å²) in [6.45, 7) is 13.2. The van der Waals surface area contributed by atoms with Gasteiger partial charge in [0.1, 0.15) is 0 Å². The van der Waals surface area contributed by atoms with Crippen LogP contribution in [-0.4, -0.2) is 11.9 Å². The molecule has 4 atom stereocenters. The first-order valence-corrected chi connectivity index (χ1v) is 9.07. The van der Waals surface area contributed by atoms with Gasteiger partial charge in [0, 0.05) is 5.54 Å². The zero-order valence-electron chi connectivity index (χ0n) is 15.3. The molecule has 0 saturated heterocycles. The SMILES string of the molecule is C=C(CCC=C(C)C)C1CCC(C)(NC=O)C2CCC(C)=CC12. The lowest BCUT2D eigenvalue weighted by molar-refractivity contribution is -0.112. The van der Waals surface area contributed by atoms with E-state index in [4.69, 9.17) is 0 Å². The summed E-state index contributed by atoms with van der Waals surface area (Å²) in [4.78, 5) is 11.1. The summed E-state index contributed by atoms with van der Waals surface area (Å²) < 4.78 is 0. The molecule has 0 heterocycles. The highest BCUT2D eigenvalue weighted by atomic mass is 16.1. The normalized spacial score (nSPS) is 33.2. The molecule has 0 aromatic rings. The van der Waals surface area contributed by atoms with Gasteiger partial charge in [0.2, 0.25) is 6.41 Å². The minimum absolute atomic E-state index is 0.0553. The van der Waals surface area contributed by atoms with Crippen LogP contribution in [0.3, 0.4) is 0 Å². The fourth-order valence-corrected chi connectivity index (χ4v) is 4.60. The number of carbonyl (C=O) groups excluding carboxylic acids is 1. The Morgan fingerprint density at radius 2 is 2.17 bits per heavy atom. The van der Waals surface area contributed by atoms with Gasteiger partial charge in [-0.1, -0.05) is 35.5 Å². The highest BCUT2D eigenvalue weighted by molar-refractivity contribution is 5.48. The maximum atomic E-state index is 11.1. The second kappa shape index (κ2) is 7.51. The van der Waals surface area contributed by atoms with Crippen LogP contribution in [0.15, 0.2) is 35.5 Å². The van der Waals surface area contributed by atoms with E-state index in [2.05, 4.69) is 51.7 Å². The van der Waals surface area contributed by atoms with Gasteiger partial charge in [-0.25, -0.2) is 0 Å². The molecule has 2 nitrogen and oxygen atoms in total. The van der Waals surface area contributed by atoms with Crippen molar-refractivity contribution in [2.75, 3.05) is 0 Å². The molecule has 1 amide bonds. The van der Waals surface area contributed by atoms with E-state index in [1.807, 2.05) is 0 Å². The standard InChI is InChI=1S/C21H33NO/c1-15(2)7-6-8-17(4)18-11-12-21(5,22-14-23)20-10-9-16(3)13-19(18)20/h7,13-14,18-20H,4,6,8-12H2,1-3,5H3,(H,22,23). The minimum Gasteiger partial charge on any atom is -0.353 e. The van der Waals surface area contributed by atoms with E-state index in [-0.39, 0.29) is 5.54 Å². The van der Waals surface area contributed by atoms with Crippen LogP contribution < -0.4 is 5.32 Å². The lowest BCUT2D eigenvalue weighted by Crippen LogP contribution is -2.55. The number of nitrogens with one attached hydrogen (secondary N) is 1. The third-order valence-corrected chi connectivity index (χ3v) is 5.98. The molecule has 2 rings (SSSR count). The van der Waals surface area contributed by atoms with Crippen LogP contribution in [0.2, 0.25) is 0 Å². The van der Waals surface area contributed by atoms with Crippen molar-refractivity contribution in [3.05, 3.63) is 35.5 Å². The Labute approximate surface area is 142 Å². The van der Waals surface area contributed by atoms with E-state index in [9.17, 15) is 4.79 Å². The largest absolute Gasteiger partial charge is 0.353 e. The fourth-order valence-electron chi connectivity index (χ4n) is 4.60. The Bertz CT molecular complexity index is 512. The number of carbonyl (C=O) groups is 1. The summed E-state index contributed by atoms with van der Waals surface area (Å²) >= 11 is 0. The molecule has 2 heteroatoms. The number of fused-ring (bicyclic) bond motifs is 1. The van der Waals surface area contributed by atoms with Crippen molar-refractivity contribution < 1.29 is 4.79 Å². The van der Waals surface area contributed by atoms with Crippen LogP contribution in [0.5, 0.6) is 0 Å². The highest BCUT2D eigenvalue weighted by Crippen LogP contribution is 2.50. The first-order chi connectivity index (χ1) is 10.9. The molecule has 23 heavy (non-hydrogen) atoms. The topological polar surface area (TPSA) is 29.1 Å². The van der Waals surface area contributed by atoms with E-state index in [0.29, 0.717) is 17.8 Å². The summed E-state index contributed by atoms with van der Waals surface area (Å²) in [5.41, 5.74) is 4.23. The molecular formula is C21H33NO. The van der Waals surface area contributed by atoms with Crippen LogP contribution in [-0.2, 0) is 4.79 Å². The first-order valence-electron chi connectivity index (χ1n) is 9.07. The van der Waals surface area contributed by atoms with Gasteiger partial charge >= 0.3 is 0 Å². The van der Waals surface area contributed by atoms with Crippen molar-refractivity contribution in [2.24, 2.45) is 17.8 Å². The van der Waals surface area contributed by atoms with Crippen molar-refractivity contribution in [3.63, 3.8) is 0 Å². The third-order valence-electron chi connectivity index (χ3n) is 5.98. The summed E-state index contributed by atoms with van der Waals surface area (Å²) in [6.07, 6.45) is 12.4. The zero-order chi connectivity index (χ0) is 17.0. The Balaban J connectivity index is 2.15. The van der Waals surface area contributed by atoms with E-state index in [1.54, 1.807) is 0 Å². The van der Waals surface area contributed by atoms with Crippen LogP contribution in [0, 0.1) is 17.8 Å². The zero-order valence-corrected chi connectivity index (χ0v) is 15.3. The average molecular weight is 316 g/mol. The minimum atomic E-state index is -0.0553. The van der Waals surface area contributed by atoms with Crippen molar-refractivity contribution >= 4 is 6.41 Å². The molecule has 1 saturated carbocycles. The van der Waals surface area contributed by atoms with E-state index < -0.39 is 0 Å².